The molecule has 0 atom stereocenters. The van der Waals surface area contributed by atoms with Crippen LogP contribution in [0, 0.1) is 11.3 Å². The zero-order chi connectivity index (χ0) is 26.1. The summed E-state index contributed by atoms with van der Waals surface area (Å²) in [6.45, 7) is 8.17. The van der Waals surface area contributed by atoms with Gasteiger partial charge in [0, 0.05) is 30.5 Å². The number of carbonyl (C=O) groups is 2. The number of rotatable bonds is 10. The minimum atomic E-state index is -0.506. The third-order valence-corrected chi connectivity index (χ3v) is 5.64. The Labute approximate surface area is 212 Å². The number of H-pyrrole nitrogens is 1. The zero-order valence-corrected chi connectivity index (χ0v) is 21.5. The number of benzene rings is 2. The van der Waals surface area contributed by atoms with Crippen molar-refractivity contribution in [2.24, 2.45) is 0 Å². The second-order valence-corrected chi connectivity index (χ2v) is 9.93. The summed E-state index contributed by atoms with van der Waals surface area (Å²) in [5.41, 5.74) is 3.67. The van der Waals surface area contributed by atoms with Crippen molar-refractivity contribution < 1.29 is 14.3 Å². The van der Waals surface area contributed by atoms with E-state index < -0.39 is 11.7 Å². The van der Waals surface area contributed by atoms with Crippen molar-refractivity contribution in [2.75, 3.05) is 26.7 Å². The molecular formula is C28H35N5O3. The third-order valence-electron chi connectivity index (χ3n) is 5.64. The fourth-order valence-electron chi connectivity index (χ4n) is 3.76. The Morgan fingerprint density at radius 1 is 1.03 bits per heavy atom. The van der Waals surface area contributed by atoms with Gasteiger partial charge in [0.2, 0.25) is 0 Å². The zero-order valence-electron chi connectivity index (χ0n) is 21.5. The van der Waals surface area contributed by atoms with Crippen LogP contribution in [0.4, 0.5) is 4.79 Å². The van der Waals surface area contributed by atoms with Crippen molar-refractivity contribution in [3.8, 4) is 6.07 Å². The molecule has 0 aliphatic carbocycles. The maximum Gasteiger partial charge on any atom is 0.407 e. The predicted molar refractivity (Wildman–Crippen MR) is 141 cm³/mol. The van der Waals surface area contributed by atoms with Crippen LogP contribution in [0.5, 0.6) is 0 Å². The largest absolute Gasteiger partial charge is 0.444 e. The number of alkyl carbamates (subject to hydrolysis) is 1. The molecule has 2 aromatic carbocycles. The Hall–Kier alpha value is -3.83. The van der Waals surface area contributed by atoms with E-state index in [0.717, 1.165) is 42.4 Å². The first kappa shape index (κ1) is 26.8. The van der Waals surface area contributed by atoms with Crippen LogP contribution in [-0.4, -0.2) is 54.2 Å². The van der Waals surface area contributed by atoms with Crippen LogP contribution in [0.3, 0.4) is 0 Å². The summed E-state index contributed by atoms with van der Waals surface area (Å²) in [6.07, 6.45) is 1.54. The Balaban J connectivity index is 1.33. The van der Waals surface area contributed by atoms with E-state index in [4.69, 9.17) is 10.00 Å². The summed E-state index contributed by atoms with van der Waals surface area (Å²) in [5.74, 6) is -0.153. The van der Waals surface area contributed by atoms with E-state index in [-0.39, 0.29) is 5.91 Å². The normalized spacial score (nSPS) is 11.3. The lowest BCUT2D eigenvalue weighted by atomic mass is 10.1. The molecule has 3 N–H and O–H groups in total. The molecule has 0 bridgehead atoms. The second-order valence-electron chi connectivity index (χ2n) is 9.93. The van der Waals surface area contributed by atoms with Crippen LogP contribution >= 0.6 is 0 Å². The van der Waals surface area contributed by atoms with Gasteiger partial charge in [-0.05, 0) is 82.6 Å². The molecule has 0 fully saturated rings. The number of fused-ring (bicyclic) bond motifs is 1. The molecular weight excluding hydrogens is 454 g/mol. The molecule has 0 radical (unpaired) electrons. The molecule has 8 nitrogen and oxygen atoms in total. The van der Waals surface area contributed by atoms with E-state index in [1.165, 1.54) is 5.56 Å². The number of aryl methyl sites for hydroxylation is 1. The van der Waals surface area contributed by atoms with E-state index in [9.17, 15) is 9.59 Å². The molecule has 0 aliphatic heterocycles. The molecule has 8 heteroatoms. The number of carbonyl (C=O) groups excluding carboxylic acids is 2. The van der Waals surface area contributed by atoms with E-state index in [1.54, 1.807) is 18.2 Å². The standard InChI is InChI=1S/C28H35N5O3/c1-28(2,3)36-27(35)31-19-21-9-7-20(8-10-21)6-5-14-33(4)15-13-30-26(34)25-17-23-16-22(18-29)11-12-24(23)32-25/h7-12,16-17,32H,5-6,13-15,19H2,1-4H3,(H,30,34)(H,31,35). The van der Waals surface area contributed by atoms with E-state index >= 15 is 0 Å². The number of hydrogen-bond acceptors (Lipinski definition) is 5. The molecule has 0 saturated heterocycles. The summed E-state index contributed by atoms with van der Waals surface area (Å²) in [7, 11) is 2.05. The SMILES string of the molecule is CN(CCCc1ccc(CNC(=O)OC(C)(C)C)cc1)CCNC(=O)c1cc2cc(C#N)ccc2[nH]1. The maximum atomic E-state index is 12.5. The van der Waals surface area contributed by atoms with Crippen molar-refractivity contribution >= 4 is 22.9 Å². The second kappa shape index (κ2) is 12.2. The van der Waals surface area contributed by atoms with Gasteiger partial charge in [0.15, 0.2) is 0 Å². The van der Waals surface area contributed by atoms with Gasteiger partial charge in [0.05, 0.1) is 11.6 Å². The number of nitrogens with zero attached hydrogens (tertiary/aromatic N) is 2. The van der Waals surface area contributed by atoms with Gasteiger partial charge in [-0.1, -0.05) is 24.3 Å². The highest BCUT2D eigenvalue weighted by molar-refractivity contribution is 5.98. The Morgan fingerprint density at radius 3 is 2.44 bits per heavy atom. The molecule has 0 unspecified atom stereocenters. The Kier molecular flexibility index (Phi) is 9.09. The van der Waals surface area contributed by atoms with Gasteiger partial charge < -0.3 is 25.3 Å². The van der Waals surface area contributed by atoms with Crippen molar-refractivity contribution in [1.82, 2.24) is 20.5 Å². The van der Waals surface area contributed by atoms with Crippen LogP contribution in [-0.2, 0) is 17.7 Å². The first-order chi connectivity index (χ1) is 17.1. The van der Waals surface area contributed by atoms with Gasteiger partial charge >= 0.3 is 6.09 Å². The molecule has 3 rings (SSSR count). The summed E-state index contributed by atoms with van der Waals surface area (Å²) in [4.78, 5) is 29.5. The van der Waals surface area contributed by atoms with Crippen LogP contribution in [0.25, 0.3) is 10.9 Å². The minimum Gasteiger partial charge on any atom is -0.444 e. The number of hydrogen-bond donors (Lipinski definition) is 3. The van der Waals surface area contributed by atoms with Crippen LogP contribution in [0.1, 0.15) is 54.4 Å². The van der Waals surface area contributed by atoms with E-state index in [2.05, 4.69) is 38.7 Å². The average molecular weight is 490 g/mol. The van der Waals surface area contributed by atoms with Gasteiger partial charge in [-0.25, -0.2) is 4.79 Å². The molecule has 0 spiro atoms. The fraction of sp³-hybridized carbons (Fsp3) is 0.393. The summed E-state index contributed by atoms with van der Waals surface area (Å²) in [5, 5.41) is 15.6. The highest BCUT2D eigenvalue weighted by Gasteiger charge is 2.15. The quantitative estimate of drug-likeness (QED) is 0.392. The number of nitrogens with one attached hydrogen (secondary N) is 3. The lowest BCUT2D eigenvalue weighted by Gasteiger charge is -2.19. The molecule has 2 amide bonds. The van der Waals surface area contributed by atoms with Gasteiger partial charge in [-0.2, -0.15) is 5.26 Å². The lowest BCUT2D eigenvalue weighted by molar-refractivity contribution is 0.0523. The molecule has 0 saturated carbocycles. The number of nitriles is 1. The molecule has 36 heavy (non-hydrogen) atoms. The summed E-state index contributed by atoms with van der Waals surface area (Å²) >= 11 is 0. The highest BCUT2D eigenvalue weighted by Crippen LogP contribution is 2.17. The van der Waals surface area contributed by atoms with Crippen molar-refractivity contribution in [3.05, 3.63) is 70.9 Å². The van der Waals surface area contributed by atoms with Gasteiger partial charge in [0.1, 0.15) is 11.3 Å². The first-order valence-electron chi connectivity index (χ1n) is 12.2. The first-order valence-corrected chi connectivity index (χ1v) is 12.2. The molecule has 1 heterocycles. The maximum absolute atomic E-state index is 12.5. The van der Waals surface area contributed by atoms with E-state index in [1.807, 2.05) is 46.0 Å². The third kappa shape index (κ3) is 8.43. The van der Waals surface area contributed by atoms with Crippen LogP contribution in [0.2, 0.25) is 0 Å². The molecule has 190 valence electrons. The number of likely N-dealkylation sites (N-methyl/N-ethyl adjacent to an activating group) is 1. The Bertz CT molecular complexity index is 1220. The molecule has 1 aromatic heterocycles. The number of amides is 2. The monoisotopic (exact) mass is 489 g/mol. The predicted octanol–water partition coefficient (Wildman–Crippen LogP) is 4.36. The Morgan fingerprint density at radius 2 is 1.75 bits per heavy atom. The van der Waals surface area contributed by atoms with Crippen molar-refractivity contribution in [1.29, 1.82) is 5.26 Å². The lowest BCUT2D eigenvalue weighted by Crippen LogP contribution is -2.33. The minimum absolute atomic E-state index is 0.153. The van der Waals surface area contributed by atoms with Gasteiger partial charge in [0.25, 0.3) is 5.91 Å². The van der Waals surface area contributed by atoms with Crippen molar-refractivity contribution in [3.63, 3.8) is 0 Å². The van der Waals surface area contributed by atoms with Crippen LogP contribution < -0.4 is 10.6 Å². The van der Waals surface area contributed by atoms with Crippen LogP contribution in [0.15, 0.2) is 48.5 Å². The number of aromatic nitrogens is 1. The van der Waals surface area contributed by atoms with E-state index in [0.29, 0.717) is 24.3 Å². The smallest absolute Gasteiger partial charge is 0.407 e. The number of ether oxygens (including phenoxy) is 1. The summed E-state index contributed by atoms with van der Waals surface area (Å²) in [6, 6.07) is 17.4. The van der Waals surface area contributed by atoms with Crippen molar-refractivity contribution in [2.45, 2.75) is 45.8 Å². The summed E-state index contributed by atoms with van der Waals surface area (Å²) < 4.78 is 5.25. The highest BCUT2D eigenvalue weighted by atomic mass is 16.6. The van der Waals surface area contributed by atoms with Gasteiger partial charge in [-0.3, -0.25) is 4.79 Å². The number of aromatic amines is 1. The fourth-order valence-corrected chi connectivity index (χ4v) is 3.76. The van der Waals surface area contributed by atoms with Gasteiger partial charge in [-0.15, -0.1) is 0 Å². The molecule has 3 aromatic rings. The topological polar surface area (TPSA) is 110 Å². The average Bonchev–Trinajstić information content (AvgIpc) is 3.26. The molecule has 0 aliphatic rings.